The number of hydrogen-bond donors (Lipinski definition) is 1. The molecule has 2 aromatic rings. The van der Waals surface area contributed by atoms with Gasteiger partial charge in [0.15, 0.2) is 0 Å². The molecule has 0 atom stereocenters. The Morgan fingerprint density at radius 1 is 1.47 bits per heavy atom. The molecule has 19 heavy (non-hydrogen) atoms. The second-order valence-electron chi connectivity index (χ2n) is 3.85. The van der Waals surface area contributed by atoms with Crippen LogP contribution in [0.3, 0.4) is 0 Å². The first-order chi connectivity index (χ1) is 9.15. The molecule has 0 spiro atoms. The number of halogens is 1. The molecule has 0 unspecified atom stereocenters. The lowest BCUT2D eigenvalue weighted by Gasteiger charge is -2.04. The maximum Gasteiger partial charge on any atom is 0.234 e. The van der Waals surface area contributed by atoms with E-state index in [1.807, 2.05) is 6.92 Å². The Morgan fingerprint density at radius 2 is 2.32 bits per heavy atom. The molecule has 0 aliphatic carbocycles. The summed E-state index contributed by atoms with van der Waals surface area (Å²) in [6, 6.07) is 5.84. The minimum atomic E-state index is -0.366. The number of carbonyl (C=O) groups excluding carboxylic acids is 1. The summed E-state index contributed by atoms with van der Waals surface area (Å²) in [6.45, 7) is 1.90. The molecule has 100 valence electrons. The number of anilines is 1. The van der Waals surface area contributed by atoms with Gasteiger partial charge in [0.25, 0.3) is 0 Å². The van der Waals surface area contributed by atoms with Crippen molar-refractivity contribution in [2.24, 2.45) is 0 Å². The number of thioether (sulfide) groups is 1. The molecule has 0 fully saturated rings. The first-order valence-corrected chi connectivity index (χ1v) is 7.45. The van der Waals surface area contributed by atoms with E-state index in [0.717, 1.165) is 11.4 Å². The van der Waals surface area contributed by atoms with E-state index < -0.39 is 0 Å². The van der Waals surface area contributed by atoms with Gasteiger partial charge in [-0.1, -0.05) is 6.07 Å². The first-order valence-electron chi connectivity index (χ1n) is 5.56. The molecule has 1 amide bonds. The molecule has 0 saturated carbocycles. The number of hydrogen-bond acceptors (Lipinski definition) is 5. The lowest BCUT2D eigenvalue weighted by atomic mass is 10.3. The Labute approximate surface area is 118 Å². The van der Waals surface area contributed by atoms with E-state index in [2.05, 4.69) is 14.1 Å². The van der Waals surface area contributed by atoms with Crippen LogP contribution >= 0.6 is 23.5 Å². The van der Waals surface area contributed by atoms with Gasteiger partial charge in [0, 0.05) is 11.4 Å². The summed E-state index contributed by atoms with van der Waals surface area (Å²) in [6.07, 6.45) is 0. The molecule has 0 aliphatic heterocycles. The number of benzene rings is 1. The number of rotatable bonds is 5. The van der Waals surface area contributed by atoms with Gasteiger partial charge in [0.05, 0.1) is 28.9 Å². The molecule has 0 saturated heterocycles. The zero-order valence-electron chi connectivity index (χ0n) is 10.2. The van der Waals surface area contributed by atoms with E-state index in [0.29, 0.717) is 17.2 Å². The maximum atomic E-state index is 12.9. The van der Waals surface area contributed by atoms with Crippen molar-refractivity contribution < 1.29 is 9.18 Å². The molecule has 0 bridgehead atoms. The number of nitrogens with zero attached hydrogens (tertiary/aromatic N) is 2. The quantitative estimate of drug-likeness (QED) is 0.922. The highest BCUT2D eigenvalue weighted by atomic mass is 32.2. The molecule has 1 aromatic heterocycles. The van der Waals surface area contributed by atoms with E-state index in [4.69, 9.17) is 0 Å². The zero-order chi connectivity index (χ0) is 13.7. The van der Waals surface area contributed by atoms with Gasteiger partial charge in [-0.15, -0.1) is 11.8 Å². The Balaban J connectivity index is 1.77. The van der Waals surface area contributed by atoms with Crippen LogP contribution in [0.2, 0.25) is 0 Å². The molecule has 0 aliphatic rings. The third-order valence-electron chi connectivity index (χ3n) is 2.33. The van der Waals surface area contributed by atoms with Crippen molar-refractivity contribution in [2.75, 3.05) is 11.1 Å². The Kier molecular flexibility index (Phi) is 4.86. The summed E-state index contributed by atoms with van der Waals surface area (Å²) in [5, 5.41) is 2.64. The average Bonchev–Trinajstić information content (AvgIpc) is 2.75. The number of aryl methyl sites for hydroxylation is 1. The summed E-state index contributed by atoms with van der Waals surface area (Å²) < 4.78 is 21.1. The second-order valence-corrected chi connectivity index (χ2v) is 5.36. The maximum absolute atomic E-state index is 12.9. The van der Waals surface area contributed by atoms with Crippen LogP contribution < -0.4 is 5.32 Å². The van der Waals surface area contributed by atoms with Gasteiger partial charge >= 0.3 is 0 Å². The highest BCUT2D eigenvalue weighted by molar-refractivity contribution is 7.99. The van der Waals surface area contributed by atoms with Crippen LogP contribution in [0.25, 0.3) is 0 Å². The van der Waals surface area contributed by atoms with Crippen molar-refractivity contribution in [3.8, 4) is 0 Å². The SMILES string of the molecule is Cc1nsnc1CSCC(=O)Nc1cccc(F)c1. The molecular weight excluding hydrogens is 285 g/mol. The van der Waals surface area contributed by atoms with Crippen molar-refractivity contribution in [3.05, 3.63) is 41.5 Å². The van der Waals surface area contributed by atoms with E-state index in [-0.39, 0.29) is 11.7 Å². The van der Waals surface area contributed by atoms with Crippen LogP contribution in [0.4, 0.5) is 10.1 Å². The van der Waals surface area contributed by atoms with Gasteiger partial charge in [-0.25, -0.2) is 4.39 Å². The molecule has 0 radical (unpaired) electrons. The number of aromatic nitrogens is 2. The fraction of sp³-hybridized carbons (Fsp3) is 0.250. The number of amides is 1. The standard InChI is InChI=1S/C12H12FN3OS2/c1-8-11(16-19-15-8)6-18-7-12(17)14-10-4-2-3-9(13)5-10/h2-5H,6-7H2,1H3,(H,14,17). The van der Waals surface area contributed by atoms with Gasteiger partial charge in [-0.2, -0.15) is 8.75 Å². The van der Waals surface area contributed by atoms with Crippen molar-refractivity contribution in [3.63, 3.8) is 0 Å². The molecule has 7 heteroatoms. The Morgan fingerprint density at radius 3 is 3.00 bits per heavy atom. The summed E-state index contributed by atoms with van der Waals surface area (Å²) in [4.78, 5) is 11.6. The van der Waals surface area contributed by atoms with E-state index >= 15 is 0 Å². The average molecular weight is 297 g/mol. The Bertz CT molecular complexity index is 574. The van der Waals surface area contributed by atoms with Crippen molar-refractivity contribution in [2.45, 2.75) is 12.7 Å². The minimum absolute atomic E-state index is 0.156. The largest absolute Gasteiger partial charge is 0.325 e. The highest BCUT2D eigenvalue weighted by Crippen LogP contribution is 2.15. The van der Waals surface area contributed by atoms with Gasteiger partial charge < -0.3 is 5.32 Å². The summed E-state index contributed by atoms with van der Waals surface area (Å²) in [5.41, 5.74) is 2.29. The van der Waals surface area contributed by atoms with Crippen LogP contribution in [0, 0.1) is 12.7 Å². The van der Waals surface area contributed by atoms with E-state index in [1.54, 1.807) is 12.1 Å². The molecular formula is C12H12FN3OS2. The van der Waals surface area contributed by atoms with Gasteiger partial charge in [-0.05, 0) is 25.1 Å². The molecule has 1 N–H and O–H groups in total. The van der Waals surface area contributed by atoms with Crippen molar-refractivity contribution in [1.82, 2.24) is 8.75 Å². The predicted molar refractivity (Wildman–Crippen MR) is 75.8 cm³/mol. The van der Waals surface area contributed by atoms with Crippen molar-refractivity contribution >= 4 is 35.1 Å². The zero-order valence-corrected chi connectivity index (χ0v) is 11.9. The van der Waals surface area contributed by atoms with E-state index in [9.17, 15) is 9.18 Å². The Hall–Kier alpha value is -1.47. The molecule has 1 heterocycles. The summed E-state index contributed by atoms with van der Waals surface area (Å²) >= 11 is 2.63. The summed E-state index contributed by atoms with van der Waals surface area (Å²) in [5.74, 6) is 0.429. The highest BCUT2D eigenvalue weighted by Gasteiger charge is 2.07. The van der Waals surface area contributed by atoms with Gasteiger partial charge in [0.2, 0.25) is 5.91 Å². The normalized spacial score (nSPS) is 10.4. The third-order valence-corrected chi connectivity index (χ3v) is 3.93. The van der Waals surface area contributed by atoms with Gasteiger partial charge in [0.1, 0.15) is 5.82 Å². The lowest BCUT2D eigenvalue weighted by molar-refractivity contribution is -0.113. The van der Waals surface area contributed by atoms with Crippen LogP contribution in [-0.2, 0) is 10.5 Å². The molecule has 4 nitrogen and oxygen atoms in total. The first kappa shape index (κ1) is 14.0. The van der Waals surface area contributed by atoms with E-state index in [1.165, 1.54) is 35.6 Å². The summed E-state index contributed by atoms with van der Waals surface area (Å²) in [7, 11) is 0. The minimum Gasteiger partial charge on any atom is -0.325 e. The lowest BCUT2D eigenvalue weighted by Crippen LogP contribution is -2.14. The van der Waals surface area contributed by atoms with Gasteiger partial charge in [-0.3, -0.25) is 4.79 Å². The monoisotopic (exact) mass is 297 g/mol. The van der Waals surface area contributed by atoms with Crippen molar-refractivity contribution in [1.29, 1.82) is 0 Å². The molecule has 1 aromatic carbocycles. The fourth-order valence-corrected chi connectivity index (χ4v) is 2.86. The smallest absolute Gasteiger partial charge is 0.234 e. The van der Waals surface area contributed by atoms with Crippen LogP contribution in [-0.4, -0.2) is 20.4 Å². The fourth-order valence-electron chi connectivity index (χ4n) is 1.38. The topological polar surface area (TPSA) is 54.9 Å². The third kappa shape index (κ3) is 4.29. The molecule has 2 rings (SSSR count). The predicted octanol–water partition coefficient (Wildman–Crippen LogP) is 2.86. The number of nitrogens with one attached hydrogen (secondary N) is 1. The number of carbonyl (C=O) groups is 1. The van der Waals surface area contributed by atoms with Crippen LogP contribution in [0.15, 0.2) is 24.3 Å². The second kappa shape index (κ2) is 6.63. The van der Waals surface area contributed by atoms with Crippen LogP contribution in [0.1, 0.15) is 11.4 Å². The van der Waals surface area contributed by atoms with Crippen LogP contribution in [0.5, 0.6) is 0 Å².